The molecule has 0 saturated carbocycles. The monoisotopic (exact) mass is 1190 g/mol. The number of carbonyl (C=O) groups excluding carboxylic acids is 2. The molecule has 16 nitrogen and oxygen atoms in total. The molecule has 8 N–H and O–H groups in total. The van der Waals surface area contributed by atoms with E-state index in [1.807, 2.05) is 19.1 Å². The van der Waals surface area contributed by atoms with Crippen molar-refractivity contribution in [1.29, 1.82) is 0 Å². The Morgan fingerprint density at radius 2 is 1.10 bits per heavy atom. The van der Waals surface area contributed by atoms with Gasteiger partial charge in [-0.3, -0.25) is 9.59 Å². The Morgan fingerprint density at radius 3 is 1.53 bits per heavy atom. The minimum Gasteiger partial charge on any atom is -0.478 e. The van der Waals surface area contributed by atoms with Gasteiger partial charge in [0.1, 0.15) is 10.7 Å². The molecule has 412 valence electrons. The van der Waals surface area contributed by atoms with E-state index in [0.717, 1.165) is 55.4 Å². The Balaban J connectivity index is 0.000000206. The highest BCUT2D eigenvalue weighted by Gasteiger charge is 2.27. The molecule has 0 amide bonds. The molecule has 0 radical (unpaired) electrons. The lowest BCUT2D eigenvalue weighted by molar-refractivity contribution is 0.0686. The fourth-order valence-corrected chi connectivity index (χ4v) is 11.8. The normalized spacial score (nSPS) is 16.6. The highest BCUT2D eigenvalue weighted by molar-refractivity contribution is 9.09. The smallest absolute Gasteiger partial charge is 0.335 e. The number of thioether (sulfide) groups is 1. The fourth-order valence-electron chi connectivity index (χ4n) is 9.93. The lowest BCUT2D eigenvalue weighted by atomic mass is 9.99. The second-order valence-electron chi connectivity index (χ2n) is 19.0. The number of anilines is 6. The maximum Gasteiger partial charge on any atom is 0.335 e. The van der Waals surface area contributed by atoms with Gasteiger partial charge in [-0.25, -0.2) is 14.6 Å². The van der Waals surface area contributed by atoms with Crippen LogP contribution in [-0.4, -0.2) is 134 Å². The summed E-state index contributed by atoms with van der Waals surface area (Å²) < 4.78 is 0. The number of halogens is 1. The minimum absolute atomic E-state index is 0. The van der Waals surface area contributed by atoms with Crippen LogP contribution < -0.4 is 31.9 Å². The summed E-state index contributed by atoms with van der Waals surface area (Å²) in [5.41, 5.74) is 17.4. The van der Waals surface area contributed by atoms with Crippen molar-refractivity contribution in [3.63, 3.8) is 0 Å². The number of nitrogen functional groups attached to an aromatic ring is 1. The van der Waals surface area contributed by atoms with E-state index in [2.05, 4.69) is 92.5 Å². The maximum atomic E-state index is 12.9. The number of alkyl halides is 1. The molecule has 0 aliphatic carbocycles. The minimum atomic E-state index is -1.04. The first-order valence-corrected chi connectivity index (χ1v) is 29.4. The van der Waals surface area contributed by atoms with Crippen LogP contribution in [0.4, 0.5) is 33.7 Å². The Bertz CT molecular complexity index is 2740. The van der Waals surface area contributed by atoms with E-state index in [1.165, 1.54) is 173 Å². The third-order valence-corrected chi connectivity index (χ3v) is 16.4. The molecule has 21 heteroatoms. The number of aromatic carboxylic acids is 2. The number of amidine groups is 1. The largest absolute Gasteiger partial charge is 0.478 e. The number of hydrogen-bond donors (Lipinski definition) is 6. The van der Waals surface area contributed by atoms with Crippen LogP contribution in [0.15, 0.2) is 102 Å². The molecule has 1 aromatic heterocycles. The number of benzene rings is 4. The van der Waals surface area contributed by atoms with Crippen LogP contribution in [0.1, 0.15) is 117 Å². The van der Waals surface area contributed by atoms with Gasteiger partial charge in [0, 0.05) is 72.1 Å². The number of hydrogen-bond acceptors (Lipinski definition) is 14. The van der Waals surface area contributed by atoms with E-state index in [9.17, 15) is 19.2 Å². The summed E-state index contributed by atoms with van der Waals surface area (Å²) in [6.07, 6.45) is 13.2. The number of rotatable bonds is 14. The number of likely N-dealkylation sites (tertiary alicyclic amines) is 2. The third-order valence-electron chi connectivity index (χ3n) is 14.0. The van der Waals surface area contributed by atoms with Gasteiger partial charge in [0.05, 0.1) is 16.5 Å². The average Bonchev–Trinajstić information content (AvgIpc) is 3.83. The molecular formula is C56H72BrN10O6PS3. The number of Topliss-reactive ketones (excluding diaryl/α,β-unsaturated/α-hetero) is 1. The second kappa shape index (κ2) is 30.6. The highest BCUT2D eigenvalue weighted by atomic mass is 79.9. The number of aromatic nitrogens is 1. The SMILES string of the molecule is CCSC(N)=NC(=S)Nc1ccc(N2CCC(N3CCCCC3)CC2)cc1.Nc1nc(Nc2ccc(N3CCC(N4CCCCC4)CC3)cc2)sc1C(=O)c1ccc(C(=O)O)cc1.O=C(O)c1ccc(C(=O)CBr)cc1.P. The molecule has 4 saturated heterocycles. The zero-order chi connectivity index (χ0) is 54.0. The van der Waals surface area contributed by atoms with Crippen LogP contribution in [0.25, 0.3) is 0 Å². The van der Waals surface area contributed by atoms with Crippen molar-refractivity contribution < 1.29 is 29.4 Å². The Morgan fingerprint density at radius 1 is 0.675 bits per heavy atom. The van der Waals surface area contributed by atoms with Crippen LogP contribution >= 0.6 is 61.1 Å². The summed E-state index contributed by atoms with van der Waals surface area (Å²) >= 11 is 11.0. The summed E-state index contributed by atoms with van der Waals surface area (Å²) in [7, 11) is 0. The number of nitrogens with zero attached hydrogens (tertiary/aromatic N) is 6. The topological polar surface area (TPSA) is 223 Å². The first kappa shape index (κ1) is 60.8. The van der Waals surface area contributed by atoms with Crippen molar-refractivity contribution in [1.82, 2.24) is 14.8 Å². The number of piperidine rings is 4. The molecule has 4 fully saturated rings. The molecule has 1 unspecified atom stereocenters. The Kier molecular flexibility index (Phi) is 24.2. The van der Waals surface area contributed by atoms with Gasteiger partial charge in [0.2, 0.25) is 5.78 Å². The first-order valence-electron chi connectivity index (χ1n) is 26.1. The van der Waals surface area contributed by atoms with E-state index < -0.39 is 11.9 Å². The van der Waals surface area contributed by atoms with E-state index in [4.69, 9.17) is 33.9 Å². The van der Waals surface area contributed by atoms with Gasteiger partial charge in [0.15, 0.2) is 21.2 Å². The van der Waals surface area contributed by atoms with Crippen LogP contribution in [0.5, 0.6) is 0 Å². The predicted octanol–water partition coefficient (Wildman–Crippen LogP) is 10.8. The summed E-state index contributed by atoms with van der Waals surface area (Å²) in [6, 6.07) is 29.9. The average molecular weight is 1190 g/mol. The van der Waals surface area contributed by atoms with Crippen LogP contribution in [0.2, 0.25) is 0 Å². The molecule has 4 aliphatic heterocycles. The van der Waals surface area contributed by atoms with Crippen molar-refractivity contribution in [3.05, 3.63) is 124 Å². The number of ketones is 2. The molecule has 0 bridgehead atoms. The van der Waals surface area contributed by atoms with Gasteiger partial charge < -0.3 is 51.9 Å². The molecule has 4 aromatic carbocycles. The predicted molar refractivity (Wildman–Crippen MR) is 329 cm³/mol. The van der Waals surface area contributed by atoms with E-state index in [1.54, 1.807) is 0 Å². The van der Waals surface area contributed by atoms with Crippen molar-refractivity contribution in [2.24, 2.45) is 10.7 Å². The van der Waals surface area contributed by atoms with Crippen LogP contribution in [0, 0.1) is 0 Å². The maximum absolute atomic E-state index is 12.9. The van der Waals surface area contributed by atoms with Crippen molar-refractivity contribution >= 4 is 129 Å². The molecule has 5 heterocycles. The zero-order valence-corrected chi connectivity index (χ0v) is 49.2. The third kappa shape index (κ3) is 18.0. The van der Waals surface area contributed by atoms with Gasteiger partial charge in [0.25, 0.3) is 0 Å². The van der Waals surface area contributed by atoms with Crippen molar-refractivity contribution in [2.75, 3.05) is 89.6 Å². The highest BCUT2D eigenvalue weighted by Crippen LogP contribution is 2.32. The summed E-state index contributed by atoms with van der Waals surface area (Å²) in [5.74, 6) is -1.32. The van der Waals surface area contributed by atoms with Gasteiger partial charge in [-0.2, -0.15) is 14.9 Å². The quantitative estimate of drug-likeness (QED) is 0.0152. The van der Waals surface area contributed by atoms with Gasteiger partial charge >= 0.3 is 11.9 Å². The molecule has 77 heavy (non-hydrogen) atoms. The van der Waals surface area contributed by atoms with Gasteiger partial charge in [-0.05, 0) is 168 Å². The number of carbonyl (C=O) groups is 4. The van der Waals surface area contributed by atoms with Crippen molar-refractivity contribution in [3.8, 4) is 0 Å². The summed E-state index contributed by atoms with van der Waals surface area (Å²) in [4.78, 5) is 64.7. The molecule has 0 spiro atoms. The number of thiazole rings is 1. The molecule has 5 aromatic rings. The van der Waals surface area contributed by atoms with E-state index in [0.29, 0.717) is 31.4 Å². The standard InChI is InChI=1S/C27H31N5O3S.C20H31N5S2.C9H7BrO3.H3P/c28-25-24(23(33)18-4-6-19(7-5-18)26(34)35)36-27(30-25)29-20-8-10-21(11-9-20)32-16-12-22(13-17-32)31-14-2-1-3-15-31;1-2-27-19(21)23-20(26)22-16-6-8-17(9-7-16)25-14-10-18(11-15-25)24-12-4-3-5-13-24;10-5-8(11)6-1-3-7(4-2-6)9(12)13;/h4-11,22H,1-3,12-17,28H2,(H,29,30)(H,34,35);6-9,18H,2-5,10-15H2,1H3,(H3,21,22,23,26);1-4H,5H2,(H,12,13);1H3. The van der Waals surface area contributed by atoms with Crippen LogP contribution in [0.3, 0.4) is 0 Å². The fraction of sp³-hybridized carbons (Fsp3) is 0.411. The number of nitrogens with two attached hydrogens (primary N) is 2. The molecule has 9 rings (SSSR count). The first-order chi connectivity index (χ1) is 36.8. The van der Waals surface area contributed by atoms with Crippen molar-refractivity contribution in [2.45, 2.75) is 83.2 Å². The lowest BCUT2D eigenvalue weighted by Gasteiger charge is -2.41. The van der Waals surface area contributed by atoms with E-state index in [-0.39, 0.29) is 43.7 Å². The van der Waals surface area contributed by atoms with Crippen LogP contribution in [-0.2, 0) is 0 Å². The number of aliphatic imine (C=N–C) groups is 1. The molecule has 4 aliphatic rings. The zero-order valence-electron chi connectivity index (χ0n) is 43.7. The Hall–Kier alpha value is -5.47. The van der Waals surface area contributed by atoms with Gasteiger partial charge in [-0.15, -0.1) is 0 Å². The Labute approximate surface area is 477 Å². The number of carboxylic acid groups (broad SMARTS) is 2. The number of nitrogens with one attached hydrogen (secondary N) is 2. The van der Waals surface area contributed by atoms with E-state index >= 15 is 0 Å². The molecular weight excluding hydrogens is 1120 g/mol. The summed E-state index contributed by atoms with van der Waals surface area (Å²) in [6.45, 7) is 11.6. The second-order valence-corrected chi connectivity index (χ2v) is 22.3. The molecule has 1 atom stereocenters. The van der Waals surface area contributed by atoms with Gasteiger partial charge in [-0.1, -0.05) is 83.1 Å². The number of thiocarbonyl (C=S) groups is 1. The number of carboxylic acids is 2. The summed E-state index contributed by atoms with van der Waals surface area (Å²) in [5, 5.41) is 25.7. The lowest BCUT2D eigenvalue weighted by Crippen LogP contribution is -2.46.